The molecule has 0 aliphatic heterocycles. The molecule has 168 valence electrons. The molecule has 0 bridgehead atoms. The van der Waals surface area contributed by atoms with Crippen molar-refractivity contribution >= 4 is 23.2 Å². The highest BCUT2D eigenvalue weighted by molar-refractivity contribution is 6.14. The SMILES string of the molecule is COc1cc(C(=O)C(=Cc2ccc(N(C)C)c(N)c2)C(C)C)c(OC)c(OC)c1OC. The van der Waals surface area contributed by atoms with Crippen LogP contribution in [0.15, 0.2) is 29.8 Å². The summed E-state index contributed by atoms with van der Waals surface area (Å²) < 4.78 is 21.9. The maximum absolute atomic E-state index is 13.6. The number of nitrogens with two attached hydrogens (primary N) is 1. The second-order valence-electron chi connectivity index (χ2n) is 7.52. The lowest BCUT2D eigenvalue weighted by molar-refractivity contribution is 0.102. The zero-order chi connectivity index (χ0) is 23.3. The molecule has 2 aromatic rings. The predicted molar refractivity (Wildman–Crippen MR) is 125 cm³/mol. The van der Waals surface area contributed by atoms with Gasteiger partial charge in [0.15, 0.2) is 17.3 Å². The van der Waals surface area contributed by atoms with E-state index in [0.29, 0.717) is 39.8 Å². The summed E-state index contributed by atoms with van der Waals surface area (Å²) in [5, 5.41) is 0. The molecule has 2 aromatic carbocycles. The molecule has 2 rings (SSSR count). The van der Waals surface area contributed by atoms with Crippen molar-refractivity contribution in [3.05, 3.63) is 41.0 Å². The van der Waals surface area contributed by atoms with E-state index in [9.17, 15) is 4.79 Å². The van der Waals surface area contributed by atoms with Crippen LogP contribution in [0.4, 0.5) is 11.4 Å². The molecular formula is C24H32N2O5. The van der Waals surface area contributed by atoms with Crippen LogP contribution in [0, 0.1) is 5.92 Å². The van der Waals surface area contributed by atoms with Crippen molar-refractivity contribution in [2.75, 3.05) is 53.2 Å². The molecule has 0 amide bonds. The highest BCUT2D eigenvalue weighted by Crippen LogP contribution is 2.47. The summed E-state index contributed by atoms with van der Waals surface area (Å²) in [6.07, 6.45) is 1.85. The smallest absolute Gasteiger partial charge is 0.208 e. The number of allylic oxidation sites excluding steroid dienone is 1. The van der Waals surface area contributed by atoms with Gasteiger partial charge in [-0.2, -0.15) is 0 Å². The van der Waals surface area contributed by atoms with Crippen LogP contribution in [0.1, 0.15) is 29.8 Å². The van der Waals surface area contributed by atoms with E-state index in [-0.39, 0.29) is 11.7 Å². The minimum Gasteiger partial charge on any atom is -0.493 e. The first kappa shape index (κ1) is 23.9. The molecule has 0 saturated heterocycles. The average molecular weight is 429 g/mol. The number of nitrogens with zero attached hydrogens (tertiary/aromatic N) is 1. The van der Waals surface area contributed by atoms with Gasteiger partial charge in [0.25, 0.3) is 0 Å². The Balaban J connectivity index is 2.66. The summed E-state index contributed by atoms with van der Waals surface area (Å²) >= 11 is 0. The summed E-state index contributed by atoms with van der Waals surface area (Å²) in [4.78, 5) is 15.6. The van der Waals surface area contributed by atoms with E-state index in [4.69, 9.17) is 24.7 Å². The number of rotatable bonds is 9. The van der Waals surface area contributed by atoms with Crippen LogP contribution in [-0.2, 0) is 0 Å². The molecule has 0 aliphatic rings. The van der Waals surface area contributed by atoms with E-state index in [1.165, 1.54) is 28.4 Å². The molecule has 31 heavy (non-hydrogen) atoms. The normalized spacial score (nSPS) is 11.3. The number of benzene rings is 2. The Morgan fingerprint density at radius 2 is 1.55 bits per heavy atom. The Hall–Kier alpha value is -3.35. The zero-order valence-electron chi connectivity index (χ0n) is 19.5. The molecule has 0 saturated carbocycles. The van der Waals surface area contributed by atoms with E-state index in [2.05, 4.69) is 0 Å². The molecule has 0 heterocycles. The van der Waals surface area contributed by atoms with Gasteiger partial charge in [-0.3, -0.25) is 4.79 Å². The third kappa shape index (κ3) is 4.87. The zero-order valence-corrected chi connectivity index (χ0v) is 19.5. The number of hydrogen-bond donors (Lipinski definition) is 1. The summed E-state index contributed by atoms with van der Waals surface area (Å²) in [5.41, 5.74) is 9.52. The molecule has 0 radical (unpaired) electrons. The van der Waals surface area contributed by atoms with Crippen molar-refractivity contribution < 1.29 is 23.7 Å². The van der Waals surface area contributed by atoms with Gasteiger partial charge in [-0.25, -0.2) is 0 Å². The first-order valence-corrected chi connectivity index (χ1v) is 9.90. The standard InChI is InChI=1S/C24H32N2O5/c1-14(2)16(11-15-9-10-19(26(3)4)18(25)12-15)21(27)17-13-20(28-5)23(30-7)24(31-8)22(17)29-6/h9-14H,25H2,1-8H3. The van der Waals surface area contributed by atoms with E-state index < -0.39 is 0 Å². The molecule has 0 aliphatic carbocycles. The minimum atomic E-state index is -0.193. The van der Waals surface area contributed by atoms with Crippen LogP contribution in [0.25, 0.3) is 6.08 Å². The Morgan fingerprint density at radius 3 is 2.00 bits per heavy atom. The fourth-order valence-corrected chi connectivity index (χ4v) is 3.40. The van der Waals surface area contributed by atoms with Crippen LogP contribution >= 0.6 is 0 Å². The van der Waals surface area contributed by atoms with Crippen LogP contribution < -0.4 is 29.6 Å². The third-order valence-electron chi connectivity index (χ3n) is 4.97. The van der Waals surface area contributed by atoms with Crippen molar-refractivity contribution in [1.29, 1.82) is 0 Å². The Kier molecular flexibility index (Phi) is 7.80. The highest BCUT2D eigenvalue weighted by atomic mass is 16.5. The largest absolute Gasteiger partial charge is 0.493 e. The highest BCUT2D eigenvalue weighted by Gasteiger charge is 2.27. The van der Waals surface area contributed by atoms with Gasteiger partial charge in [-0.1, -0.05) is 19.9 Å². The average Bonchev–Trinajstić information content (AvgIpc) is 2.74. The fourth-order valence-electron chi connectivity index (χ4n) is 3.40. The Morgan fingerprint density at radius 1 is 0.935 bits per heavy atom. The van der Waals surface area contributed by atoms with Gasteiger partial charge in [0.05, 0.1) is 45.4 Å². The lowest BCUT2D eigenvalue weighted by Crippen LogP contribution is -2.12. The molecule has 0 atom stereocenters. The molecule has 0 fully saturated rings. The summed E-state index contributed by atoms with van der Waals surface area (Å²) in [6.45, 7) is 3.93. The molecule has 7 heteroatoms. The minimum absolute atomic E-state index is 0.0500. The lowest BCUT2D eigenvalue weighted by Gasteiger charge is -2.20. The van der Waals surface area contributed by atoms with Gasteiger partial charge >= 0.3 is 0 Å². The van der Waals surface area contributed by atoms with Crippen LogP contribution in [0.5, 0.6) is 23.0 Å². The van der Waals surface area contributed by atoms with Crippen LogP contribution in [0.2, 0.25) is 0 Å². The number of ketones is 1. The number of carbonyl (C=O) groups is 1. The molecule has 0 spiro atoms. The number of carbonyl (C=O) groups excluding carboxylic acids is 1. The monoisotopic (exact) mass is 428 g/mol. The van der Waals surface area contributed by atoms with Gasteiger partial charge in [0, 0.05) is 19.7 Å². The van der Waals surface area contributed by atoms with Gasteiger partial charge in [-0.15, -0.1) is 0 Å². The van der Waals surface area contributed by atoms with Crippen molar-refractivity contribution in [3.63, 3.8) is 0 Å². The van der Waals surface area contributed by atoms with Crippen molar-refractivity contribution in [3.8, 4) is 23.0 Å². The summed E-state index contributed by atoms with van der Waals surface area (Å²) in [6, 6.07) is 7.34. The Bertz CT molecular complexity index is 980. The summed E-state index contributed by atoms with van der Waals surface area (Å²) in [5.74, 6) is 1.09. The maximum atomic E-state index is 13.6. The van der Waals surface area contributed by atoms with E-state index in [0.717, 1.165) is 11.3 Å². The van der Waals surface area contributed by atoms with Gasteiger partial charge < -0.3 is 29.6 Å². The topological polar surface area (TPSA) is 83.3 Å². The fraction of sp³-hybridized carbons (Fsp3) is 0.375. The molecule has 0 aromatic heterocycles. The molecule has 7 nitrogen and oxygen atoms in total. The van der Waals surface area contributed by atoms with Crippen molar-refractivity contribution in [2.24, 2.45) is 5.92 Å². The summed E-state index contributed by atoms with van der Waals surface area (Å²) in [7, 11) is 9.85. The molecular weight excluding hydrogens is 396 g/mol. The van der Waals surface area contributed by atoms with Crippen molar-refractivity contribution in [1.82, 2.24) is 0 Å². The molecule has 0 unspecified atom stereocenters. The molecule has 2 N–H and O–H groups in total. The first-order chi connectivity index (χ1) is 14.7. The van der Waals surface area contributed by atoms with Crippen LogP contribution in [0.3, 0.4) is 0 Å². The maximum Gasteiger partial charge on any atom is 0.208 e. The van der Waals surface area contributed by atoms with E-state index in [1.54, 1.807) is 6.07 Å². The van der Waals surface area contributed by atoms with E-state index in [1.807, 2.05) is 57.1 Å². The van der Waals surface area contributed by atoms with Gasteiger partial charge in [-0.05, 0) is 35.8 Å². The van der Waals surface area contributed by atoms with Gasteiger partial charge in [0.1, 0.15) is 0 Å². The number of methoxy groups -OCH3 is 4. The van der Waals surface area contributed by atoms with Gasteiger partial charge in [0.2, 0.25) is 11.5 Å². The van der Waals surface area contributed by atoms with Crippen LogP contribution in [-0.4, -0.2) is 48.3 Å². The van der Waals surface area contributed by atoms with E-state index >= 15 is 0 Å². The lowest BCUT2D eigenvalue weighted by atomic mass is 9.91. The predicted octanol–water partition coefficient (Wildman–Crippen LogP) is 4.29. The first-order valence-electron chi connectivity index (χ1n) is 9.90. The number of Topliss-reactive ketones (excluding diaryl/α,β-unsaturated/α-hetero) is 1. The Labute approximate surface area is 184 Å². The second-order valence-corrected chi connectivity index (χ2v) is 7.52. The van der Waals surface area contributed by atoms with Crippen molar-refractivity contribution in [2.45, 2.75) is 13.8 Å². The second kappa shape index (κ2) is 10.1. The third-order valence-corrected chi connectivity index (χ3v) is 4.97. The number of ether oxygens (including phenoxy) is 4. The number of nitrogen functional groups attached to an aromatic ring is 1. The number of hydrogen-bond acceptors (Lipinski definition) is 7. The quantitative estimate of drug-likeness (QED) is 0.362. The number of anilines is 2.